The molecule has 0 fully saturated rings. The average Bonchev–Trinajstić information content (AvgIpc) is 2.45. The van der Waals surface area contributed by atoms with Gasteiger partial charge in [-0.3, -0.25) is 0 Å². The zero-order valence-electron chi connectivity index (χ0n) is 11.3. The molecule has 0 atom stereocenters. The van der Waals surface area contributed by atoms with Gasteiger partial charge in [-0.25, -0.2) is 0 Å². The molecule has 21 heavy (non-hydrogen) atoms. The van der Waals surface area contributed by atoms with Crippen LogP contribution in [0, 0.1) is 0 Å². The van der Waals surface area contributed by atoms with E-state index in [-0.39, 0.29) is 5.75 Å². The maximum Gasteiger partial charge on any atom is 0.573 e. The molecular formula is C16H13F3O2. The monoisotopic (exact) mass is 294 g/mol. The molecule has 0 saturated heterocycles. The summed E-state index contributed by atoms with van der Waals surface area (Å²) in [7, 11) is 1.50. The molecule has 0 unspecified atom stereocenters. The van der Waals surface area contributed by atoms with E-state index in [0.717, 1.165) is 5.56 Å². The molecule has 0 aliphatic rings. The smallest absolute Gasteiger partial charge is 0.496 e. The summed E-state index contributed by atoms with van der Waals surface area (Å²) in [6.45, 7) is 3.67. The van der Waals surface area contributed by atoms with Crippen LogP contribution in [0.4, 0.5) is 13.2 Å². The fourth-order valence-electron chi connectivity index (χ4n) is 1.94. The topological polar surface area (TPSA) is 18.5 Å². The van der Waals surface area contributed by atoms with Crippen LogP contribution in [0.1, 0.15) is 5.56 Å². The molecule has 0 saturated carbocycles. The third kappa shape index (κ3) is 3.78. The minimum absolute atomic E-state index is 0.272. The highest BCUT2D eigenvalue weighted by molar-refractivity contribution is 5.74. The lowest BCUT2D eigenvalue weighted by Gasteiger charge is -2.12. The first-order chi connectivity index (χ1) is 9.93. The van der Waals surface area contributed by atoms with Gasteiger partial charge in [0.25, 0.3) is 0 Å². The Hall–Kier alpha value is -2.43. The molecular weight excluding hydrogens is 281 g/mol. The first-order valence-corrected chi connectivity index (χ1v) is 6.09. The zero-order chi connectivity index (χ0) is 15.5. The first-order valence-electron chi connectivity index (χ1n) is 6.09. The SMILES string of the molecule is C=Cc1ccc(OC)c(-c2cccc(OC(F)(F)F)c2)c1. The second kappa shape index (κ2) is 5.91. The molecule has 0 aliphatic heterocycles. The molecule has 0 aromatic heterocycles. The number of alkyl halides is 3. The van der Waals surface area contributed by atoms with Gasteiger partial charge in [-0.05, 0) is 35.4 Å². The minimum atomic E-state index is -4.72. The number of halogens is 3. The van der Waals surface area contributed by atoms with Crippen molar-refractivity contribution in [2.24, 2.45) is 0 Å². The van der Waals surface area contributed by atoms with Crippen LogP contribution in [-0.2, 0) is 0 Å². The Morgan fingerprint density at radius 3 is 2.48 bits per heavy atom. The molecule has 2 aromatic rings. The van der Waals surface area contributed by atoms with Crippen LogP contribution in [0.25, 0.3) is 17.2 Å². The fraction of sp³-hybridized carbons (Fsp3) is 0.125. The predicted molar refractivity (Wildman–Crippen MR) is 75.2 cm³/mol. The van der Waals surface area contributed by atoms with Gasteiger partial charge in [0.1, 0.15) is 11.5 Å². The summed E-state index contributed by atoms with van der Waals surface area (Å²) in [5.41, 5.74) is 2.08. The Bertz CT molecular complexity index is 648. The quantitative estimate of drug-likeness (QED) is 0.798. The molecule has 0 bridgehead atoms. The largest absolute Gasteiger partial charge is 0.573 e. The van der Waals surface area contributed by atoms with E-state index in [1.165, 1.54) is 25.3 Å². The Balaban J connectivity index is 2.46. The maximum absolute atomic E-state index is 12.3. The molecule has 0 amide bonds. The van der Waals surface area contributed by atoms with Gasteiger partial charge in [0, 0.05) is 5.56 Å². The molecule has 0 radical (unpaired) electrons. The molecule has 0 N–H and O–H groups in total. The number of benzene rings is 2. The van der Waals surface area contributed by atoms with E-state index in [1.807, 2.05) is 6.07 Å². The highest BCUT2D eigenvalue weighted by atomic mass is 19.4. The fourth-order valence-corrected chi connectivity index (χ4v) is 1.94. The summed E-state index contributed by atoms with van der Waals surface area (Å²) >= 11 is 0. The van der Waals surface area contributed by atoms with Crippen LogP contribution >= 0.6 is 0 Å². The van der Waals surface area contributed by atoms with E-state index in [0.29, 0.717) is 16.9 Å². The summed E-state index contributed by atoms with van der Waals surface area (Å²) in [4.78, 5) is 0. The van der Waals surface area contributed by atoms with E-state index >= 15 is 0 Å². The van der Waals surface area contributed by atoms with Crippen molar-refractivity contribution in [1.29, 1.82) is 0 Å². The summed E-state index contributed by atoms with van der Waals surface area (Å²) in [6, 6.07) is 11.1. The van der Waals surface area contributed by atoms with E-state index in [2.05, 4.69) is 11.3 Å². The van der Waals surface area contributed by atoms with Crippen molar-refractivity contribution in [2.75, 3.05) is 7.11 Å². The van der Waals surface area contributed by atoms with Crippen molar-refractivity contribution in [3.63, 3.8) is 0 Å². The van der Waals surface area contributed by atoms with Gasteiger partial charge >= 0.3 is 6.36 Å². The highest BCUT2D eigenvalue weighted by Gasteiger charge is 2.31. The number of methoxy groups -OCH3 is 1. The molecule has 0 spiro atoms. The molecule has 110 valence electrons. The molecule has 2 nitrogen and oxygen atoms in total. The van der Waals surface area contributed by atoms with Crippen molar-refractivity contribution < 1.29 is 22.6 Å². The standard InChI is InChI=1S/C16H13F3O2/c1-3-11-7-8-15(20-2)14(9-11)12-5-4-6-13(10-12)21-16(17,18)19/h3-10H,1H2,2H3. The minimum Gasteiger partial charge on any atom is -0.496 e. The Morgan fingerprint density at radius 2 is 1.86 bits per heavy atom. The lowest BCUT2D eigenvalue weighted by atomic mass is 10.0. The predicted octanol–water partition coefficient (Wildman–Crippen LogP) is 4.90. The first kappa shape index (κ1) is 15.0. The van der Waals surface area contributed by atoms with Crippen LogP contribution in [0.2, 0.25) is 0 Å². The van der Waals surface area contributed by atoms with Crippen LogP contribution in [-0.4, -0.2) is 13.5 Å². The summed E-state index contributed by atoms with van der Waals surface area (Å²) in [5, 5.41) is 0. The maximum atomic E-state index is 12.3. The summed E-state index contributed by atoms with van der Waals surface area (Å²) in [5.74, 6) is 0.288. The van der Waals surface area contributed by atoms with Gasteiger partial charge in [0.15, 0.2) is 0 Å². The van der Waals surface area contributed by atoms with Crippen molar-refractivity contribution in [1.82, 2.24) is 0 Å². The molecule has 2 aromatic carbocycles. The van der Waals surface area contributed by atoms with Gasteiger partial charge < -0.3 is 9.47 Å². The van der Waals surface area contributed by atoms with Gasteiger partial charge in [-0.2, -0.15) is 0 Å². The number of rotatable bonds is 4. The average molecular weight is 294 g/mol. The van der Waals surface area contributed by atoms with Crippen molar-refractivity contribution >= 4 is 6.08 Å². The van der Waals surface area contributed by atoms with Crippen molar-refractivity contribution in [3.8, 4) is 22.6 Å². The number of ether oxygens (including phenoxy) is 2. The lowest BCUT2D eigenvalue weighted by Crippen LogP contribution is -2.17. The van der Waals surface area contributed by atoms with Gasteiger partial charge in [-0.15, -0.1) is 13.2 Å². The highest BCUT2D eigenvalue weighted by Crippen LogP contribution is 2.34. The second-order valence-electron chi connectivity index (χ2n) is 4.24. The van der Waals surface area contributed by atoms with Crippen molar-refractivity contribution in [3.05, 3.63) is 54.6 Å². The number of hydrogen-bond acceptors (Lipinski definition) is 2. The third-order valence-corrected chi connectivity index (χ3v) is 2.84. The Labute approximate surface area is 120 Å². The van der Waals surface area contributed by atoms with Crippen LogP contribution in [0.15, 0.2) is 49.0 Å². The van der Waals surface area contributed by atoms with Crippen molar-refractivity contribution in [2.45, 2.75) is 6.36 Å². The molecule has 5 heteroatoms. The molecule has 0 aliphatic carbocycles. The van der Waals surface area contributed by atoms with Gasteiger partial charge in [0.2, 0.25) is 0 Å². The van der Waals surface area contributed by atoms with Crippen LogP contribution < -0.4 is 9.47 Å². The third-order valence-electron chi connectivity index (χ3n) is 2.84. The Morgan fingerprint density at radius 1 is 1.10 bits per heavy atom. The summed E-state index contributed by atoms with van der Waals surface area (Å²) < 4.78 is 46.0. The van der Waals surface area contributed by atoms with Gasteiger partial charge in [0.05, 0.1) is 7.11 Å². The second-order valence-corrected chi connectivity index (χ2v) is 4.24. The van der Waals surface area contributed by atoms with E-state index in [9.17, 15) is 13.2 Å². The summed E-state index contributed by atoms with van der Waals surface area (Å²) in [6.07, 6.45) is -3.06. The number of hydrogen-bond donors (Lipinski definition) is 0. The normalized spacial score (nSPS) is 11.0. The Kier molecular flexibility index (Phi) is 4.21. The zero-order valence-corrected chi connectivity index (χ0v) is 11.3. The lowest BCUT2D eigenvalue weighted by molar-refractivity contribution is -0.274. The van der Waals surface area contributed by atoms with E-state index in [4.69, 9.17) is 4.74 Å². The van der Waals surface area contributed by atoms with Gasteiger partial charge in [-0.1, -0.05) is 30.9 Å². The molecule has 0 heterocycles. The van der Waals surface area contributed by atoms with Crippen LogP contribution in [0.5, 0.6) is 11.5 Å². The van der Waals surface area contributed by atoms with E-state index in [1.54, 1.807) is 24.3 Å². The van der Waals surface area contributed by atoms with Crippen LogP contribution in [0.3, 0.4) is 0 Å². The molecule has 2 rings (SSSR count). The van der Waals surface area contributed by atoms with E-state index < -0.39 is 6.36 Å².